The van der Waals surface area contributed by atoms with E-state index in [0.717, 1.165) is 35.4 Å². The predicted molar refractivity (Wildman–Crippen MR) is 93.0 cm³/mol. The topological polar surface area (TPSA) is 88.8 Å². The van der Waals surface area contributed by atoms with Crippen LogP contribution in [-0.2, 0) is 0 Å². The number of rotatable bonds is 7. The lowest BCUT2D eigenvalue weighted by molar-refractivity contribution is 0.127. The largest absolute Gasteiger partial charge is 0.396 e. The predicted octanol–water partition coefficient (Wildman–Crippen LogP) is 2.42. The van der Waals surface area contributed by atoms with Gasteiger partial charge in [-0.25, -0.2) is 14.6 Å². The van der Waals surface area contributed by atoms with Crippen LogP contribution in [-0.4, -0.2) is 43.0 Å². The second-order valence-electron chi connectivity index (χ2n) is 5.94. The van der Waals surface area contributed by atoms with Crippen LogP contribution in [0.15, 0.2) is 37.1 Å². The molecule has 7 heteroatoms. The summed E-state index contributed by atoms with van der Waals surface area (Å²) in [5.41, 5.74) is 1.50. The maximum atomic E-state index is 9.73. The summed E-state index contributed by atoms with van der Waals surface area (Å²) >= 11 is 0. The van der Waals surface area contributed by atoms with Crippen molar-refractivity contribution in [2.45, 2.75) is 26.7 Å². The van der Waals surface area contributed by atoms with Crippen molar-refractivity contribution in [3.63, 3.8) is 0 Å². The van der Waals surface area contributed by atoms with Crippen LogP contribution in [0.3, 0.4) is 0 Å². The highest BCUT2D eigenvalue weighted by Crippen LogP contribution is 2.27. The van der Waals surface area contributed by atoms with Gasteiger partial charge in [0.05, 0.1) is 23.9 Å². The van der Waals surface area contributed by atoms with Crippen molar-refractivity contribution in [2.24, 2.45) is 5.41 Å². The lowest BCUT2D eigenvalue weighted by Gasteiger charge is -2.29. The van der Waals surface area contributed by atoms with E-state index in [2.05, 4.69) is 39.2 Å². The van der Waals surface area contributed by atoms with Gasteiger partial charge in [0.2, 0.25) is 0 Å². The number of aliphatic hydroxyl groups excluding tert-OH is 1. The highest BCUT2D eigenvalue weighted by Gasteiger charge is 2.25. The Hall–Kier alpha value is -2.54. The Morgan fingerprint density at radius 3 is 2.58 bits per heavy atom. The quantitative estimate of drug-likeness (QED) is 0.693. The first-order valence-corrected chi connectivity index (χ1v) is 8.17. The van der Waals surface area contributed by atoms with Gasteiger partial charge in [0.25, 0.3) is 0 Å². The van der Waals surface area contributed by atoms with E-state index in [4.69, 9.17) is 0 Å². The van der Waals surface area contributed by atoms with Crippen LogP contribution in [0.1, 0.15) is 26.7 Å². The molecule has 0 fully saturated rings. The van der Waals surface area contributed by atoms with Gasteiger partial charge in [0.1, 0.15) is 12.1 Å². The zero-order valence-corrected chi connectivity index (χ0v) is 14.0. The molecule has 0 unspecified atom stereocenters. The van der Waals surface area contributed by atoms with Crippen molar-refractivity contribution in [1.82, 2.24) is 24.7 Å². The van der Waals surface area contributed by atoms with Crippen LogP contribution >= 0.6 is 0 Å². The van der Waals surface area contributed by atoms with Gasteiger partial charge in [-0.2, -0.15) is 5.10 Å². The van der Waals surface area contributed by atoms with E-state index < -0.39 is 0 Å². The van der Waals surface area contributed by atoms with Crippen molar-refractivity contribution >= 4 is 16.9 Å². The molecule has 0 atom stereocenters. The number of anilines is 1. The number of aromatic nitrogens is 5. The summed E-state index contributed by atoms with van der Waals surface area (Å²) in [5.74, 6) is 0.736. The molecular weight excluding hydrogens is 304 g/mol. The van der Waals surface area contributed by atoms with Gasteiger partial charge in [0.15, 0.2) is 5.65 Å². The number of hydrogen-bond acceptors (Lipinski definition) is 6. The maximum absolute atomic E-state index is 9.73. The molecule has 2 N–H and O–H groups in total. The fourth-order valence-corrected chi connectivity index (χ4v) is 2.71. The van der Waals surface area contributed by atoms with Gasteiger partial charge in [0, 0.05) is 24.4 Å². The fraction of sp³-hybridized carbons (Fsp3) is 0.412. The molecule has 3 heterocycles. The summed E-state index contributed by atoms with van der Waals surface area (Å²) in [6.45, 7) is 5.00. The second kappa shape index (κ2) is 6.92. The molecule has 24 heavy (non-hydrogen) atoms. The number of nitrogens with zero attached hydrogens (tertiary/aromatic N) is 5. The van der Waals surface area contributed by atoms with E-state index in [9.17, 15) is 5.11 Å². The van der Waals surface area contributed by atoms with Crippen LogP contribution < -0.4 is 5.32 Å². The third kappa shape index (κ3) is 2.94. The van der Waals surface area contributed by atoms with Crippen molar-refractivity contribution in [2.75, 3.05) is 18.5 Å². The van der Waals surface area contributed by atoms with Gasteiger partial charge in [-0.1, -0.05) is 13.8 Å². The minimum atomic E-state index is -0.141. The van der Waals surface area contributed by atoms with Crippen molar-refractivity contribution in [3.05, 3.63) is 37.1 Å². The Balaban J connectivity index is 1.92. The smallest absolute Gasteiger partial charge is 0.168 e. The van der Waals surface area contributed by atoms with Gasteiger partial charge < -0.3 is 10.4 Å². The highest BCUT2D eigenvalue weighted by atomic mass is 16.3. The molecule has 0 saturated carbocycles. The van der Waals surface area contributed by atoms with Crippen molar-refractivity contribution < 1.29 is 5.11 Å². The Morgan fingerprint density at radius 1 is 1.17 bits per heavy atom. The molecule has 0 aliphatic heterocycles. The van der Waals surface area contributed by atoms with E-state index in [1.165, 1.54) is 6.33 Å². The number of nitrogens with one attached hydrogen (secondary N) is 1. The Bertz CT molecular complexity index is 789. The number of hydrogen-bond donors (Lipinski definition) is 2. The summed E-state index contributed by atoms with van der Waals surface area (Å²) in [7, 11) is 0. The molecular formula is C17H22N6O. The number of aliphatic hydroxyl groups is 1. The molecule has 0 aromatic carbocycles. The first-order chi connectivity index (χ1) is 11.7. The highest BCUT2D eigenvalue weighted by molar-refractivity contribution is 5.87. The average molecular weight is 326 g/mol. The summed E-state index contributed by atoms with van der Waals surface area (Å²) < 4.78 is 1.77. The molecule has 3 aromatic rings. The average Bonchev–Trinajstić information content (AvgIpc) is 3.09. The molecule has 0 bridgehead atoms. The van der Waals surface area contributed by atoms with Crippen LogP contribution in [0.2, 0.25) is 0 Å². The molecule has 0 radical (unpaired) electrons. The molecule has 0 saturated heterocycles. The minimum absolute atomic E-state index is 0.141. The molecule has 0 amide bonds. The lowest BCUT2D eigenvalue weighted by atomic mass is 9.83. The Kier molecular flexibility index (Phi) is 4.71. The Labute approximate surface area is 140 Å². The van der Waals surface area contributed by atoms with E-state index in [0.29, 0.717) is 6.54 Å². The van der Waals surface area contributed by atoms with E-state index in [1.54, 1.807) is 23.3 Å². The fourth-order valence-electron chi connectivity index (χ4n) is 2.71. The van der Waals surface area contributed by atoms with Crippen molar-refractivity contribution in [3.8, 4) is 5.69 Å². The normalized spacial score (nSPS) is 11.8. The van der Waals surface area contributed by atoms with E-state index in [-0.39, 0.29) is 12.0 Å². The lowest BCUT2D eigenvalue weighted by Crippen LogP contribution is -2.32. The van der Waals surface area contributed by atoms with Gasteiger partial charge in [-0.3, -0.25) is 4.98 Å². The first kappa shape index (κ1) is 16.3. The first-order valence-electron chi connectivity index (χ1n) is 8.17. The van der Waals surface area contributed by atoms with Gasteiger partial charge in [-0.15, -0.1) is 0 Å². The van der Waals surface area contributed by atoms with Crippen LogP contribution in [0.5, 0.6) is 0 Å². The van der Waals surface area contributed by atoms with E-state index >= 15 is 0 Å². The van der Waals surface area contributed by atoms with Gasteiger partial charge in [-0.05, 0) is 25.0 Å². The molecule has 0 aliphatic carbocycles. The number of fused-ring (bicyclic) bond motifs is 1. The number of pyridine rings is 1. The maximum Gasteiger partial charge on any atom is 0.168 e. The summed E-state index contributed by atoms with van der Waals surface area (Å²) in [5, 5.41) is 18.4. The third-order valence-electron chi connectivity index (χ3n) is 4.74. The zero-order chi connectivity index (χ0) is 17.0. The monoisotopic (exact) mass is 326 g/mol. The van der Waals surface area contributed by atoms with Crippen molar-refractivity contribution in [1.29, 1.82) is 0 Å². The third-order valence-corrected chi connectivity index (χ3v) is 4.74. The minimum Gasteiger partial charge on any atom is -0.396 e. The Morgan fingerprint density at radius 2 is 1.92 bits per heavy atom. The molecule has 7 nitrogen and oxygen atoms in total. The second-order valence-corrected chi connectivity index (χ2v) is 5.94. The summed E-state index contributed by atoms with van der Waals surface area (Å²) in [4.78, 5) is 12.7. The molecule has 0 spiro atoms. The van der Waals surface area contributed by atoms with E-state index in [1.807, 2.05) is 12.1 Å². The molecule has 0 aliphatic rings. The standard InChI is InChI=1S/C17H22N6O/c1-3-17(4-2,11-24)10-19-15-14-9-22-23(16(14)21-12-20-15)13-5-7-18-8-6-13/h5-9,12,24H,3-4,10-11H2,1-2H3,(H,19,20,21). The van der Waals surface area contributed by atoms with Crippen LogP contribution in [0.4, 0.5) is 5.82 Å². The summed E-state index contributed by atoms with van der Waals surface area (Å²) in [6, 6.07) is 3.76. The zero-order valence-electron chi connectivity index (χ0n) is 14.0. The molecule has 3 rings (SSSR count). The van der Waals surface area contributed by atoms with Crippen LogP contribution in [0, 0.1) is 5.41 Å². The summed E-state index contributed by atoms with van der Waals surface area (Å²) in [6.07, 6.45) is 8.54. The molecule has 126 valence electrons. The van der Waals surface area contributed by atoms with Crippen LogP contribution in [0.25, 0.3) is 16.7 Å². The van der Waals surface area contributed by atoms with Gasteiger partial charge >= 0.3 is 0 Å². The molecule has 3 aromatic heterocycles. The SMILES string of the molecule is CCC(CC)(CO)CNc1ncnc2c1cnn2-c1ccncc1.